The van der Waals surface area contributed by atoms with E-state index in [0.29, 0.717) is 6.04 Å². The van der Waals surface area contributed by atoms with Gasteiger partial charge in [-0.25, -0.2) is 0 Å². The first kappa shape index (κ1) is 10.0. The molecule has 2 fully saturated rings. The molecule has 0 aliphatic carbocycles. The topological polar surface area (TPSA) is 6.48 Å². The van der Waals surface area contributed by atoms with Crippen molar-refractivity contribution in [3.63, 3.8) is 0 Å². The molecular formula is C12H20N2. The Morgan fingerprint density at radius 1 is 1.29 bits per heavy atom. The zero-order valence-corrected chi connectivity index (χ0v) is 9.08. The van der Waals surface area contributed by atoms with E-state index >= 15 is 0 Å². The monoisotopic (exact) mass is 192 g/mol. The number of fused-ring (bicyclic) bond motifs is 1. The van der Waals surface area contributed by atoms with E-state index in [9.17, 15) is 0 Å². The van der Waals surface area contributed by atoms with Gasteiger partial charge in [-0.15, -0.1) is 6.42 Å². The smallest absolute Gasteiger partial charge is 0.0683 e. The highest BCUT2D eigenvalue weighted by atomic mass is 15.3. The van der Waals surface area contributed by atoms with Crippen LogP contribution in [0.4, 0.5) is 0 Å². The molecule has 0 radical (unpaired) electrons. The van der Waals surface area contributed by atoms with Crippen LogP contribution in [0.5, 0.6) is 0 Å². The molecule has 0 aromatic carbocycles. The van der Waals surface area contributed by atoms with Gasteiger partial charge < -0.3 is 0 Å². The van der Waals surface area contributed by atoms with E-state index in [1.807, 2.05) is 0 Å². The van der Waals surface area contributed by atoms with Crippen LogP contribution < -0.4 is 0 Å². The van der Waals surface area contributed by atoms with Gasteiger partial charge in [-0.3, -0.25) is 9.80 Å². The summed E-state index contributed by atoms with van der Waals surface area (Å²) in [5, 5.41) is 0. The summed E-state index contributed by atoms with van der Waals surface area (Å²) in [7, 11) is 0. The second kappa shape index (κ2) is 4.33. The van der Waals surface area contributed by atoms with Crippen molar-refractivity contribution in [2.75, 3.05) is 26.2 Å². The Hall–Kier alpha value is -0.520. The number of rotatable bonds is 1. The highest BCUT2D eigenvalue weighted by Gasteiger charge is 2.29. The molecule has 2 unspecified atom stereocenters. The van der Waals surface area contributed by atoms with Crippen molar-refractivity contribution < 1.29 is 0 Å². The average Bonchev–Trinajstić information content (AvgIpc) is 2.54. The summed E-state index contributed by atoms with van der Waals surface area (Å²) >= 11 is 0. The van der Waals surface area contributed by atoms with Crippen molar-refractivity contribution in [1.82, 2.24) is 9.80 Å². The van der Waals surface area contributed by atoms with Gasteiger partial charge >= 0.3 is 0 Å². The Morgan fingerprint density at radius 3 is 2.86 bits per heavy atom. The van der Waals surface area contributed by atoms with Crippen molar-refractivity contribution in [2.45, 2.75) is 38.3 Å². The second-order valence-corrected chi connectivity index (χ2v) is 4.52. The Morgan fingerprint density at radius 2 is 2.07 bits per heavy atom. The van der Waals surface area contributed by atoms with E-state index < -0.39 is 0 Å². The van der Waals surface area contributed by atoms with Gasteiger partial charge in [-0.05, 0) is 39.3 Å². The van der Waals surface area contributed by atoms with Crippen LogP contribution in [0, 0.1) is 12.3 Å². The van der Waals surface area contributed by atoms with Gasteiger partial charge in [0.25, 0.3) is 0 Å². The Kier molecular flexibility index (Phi) is 3.10. The molecule has 2 aliphatic heterocycles. The summed E-state index contributed by atoms with van der Waals surface area (Å²) in [6.45, 7) is 7.09. The van der Waals surface area contributed by atoms with E-state index in [1.54, 1.807) is 0 Å². The van der Waals surface area contributed by atoms with Crippen LogP contribution in [0.15, 0.2) is 0 Å². The molecular weight excluding hydrogens is 172 g/mol. The van der Waals surface area contributed by atoms with E-state index in [4.69, 9.17) is 6.42 Å². The SMILES string of the molecule is C#CC(C)N1CCCN2CCCC2C1. The summed E-state index contributed by atoms with van der Waals surface area (Å²) in [5.74, 6) is 2.85. The molecule has 2 atom stereocenters. The van der Waals surface area contributed by atoms with Crippen molar-refractivity contribution in [1.29, 1.82) is 0 Å². The van der Waals surface area contributed by atoms with Gasteiger partial charge in [0, 0.05) is 19.1 Å². The van der Waals surface area contributed by atoms with Gasteiger partial charge in [0.15, 0.2) is 0 Å². The molecule has 0 saturated carbocycles. The van der Waals surface area contributed by atoms with Crippen LogP contribution in [0.1, 0.15) is 26.2 Å². The van der Waals surface area contributed by atoms with Crippen molar-refractivity contribution in [3.05, 3.63) is 0 Å². The third-order valence-corrected chi connectivity index (χ3v) is 3.62. The maximum atomic E-state index is 5.49. The lowest BCUT2D eigenvalue weighted by molar-refractivity contribution is 0.206. The molecule has 78 valence electrons. The maximum absolute atomic E-state index is 5.49. The van der Waals surface area contributed by atoms with Crippen LogP contribution >= 0.6 is 0 Å². The summed E-state index contributed by atoms with van der Waals surface area (Å²) in [6, 6.07) is 1.10. The Bertz CT molecular complexity index is 231. The fourth-order valence-corrected chi connectivity index (χ4v) is 2.69. The molecule has 0 N–H and O–H groups in total. The van der Waals surface area contributed by atoms with E-state index in [0.717, 1.165) is 6.04 Å². The summed E-state index contributed by atoms with van der Waals surface area (Å²) in [5.41, 5.74) is 0. The zero-order chi connectivity index (χ0) is 9.97. The minimum absolute atomic E-state index is 0.315. The number of hydrogen-bond donors (Lipinski definition) is 0. The summed E-state index contributed by atoms with van der Waals surface area (Å²) in [6.07, 6.45) is 9.51. The molecule has 2 rings (SSSR count). The maximum Gasteiger partial charge on any atom is 0.0683 e. The third-order valence-electron chi connectivity index (χ3n) is 3.62. The van der Waals surface area contributed by atoms with Gasteiger partial charge in [-0.2, -0.15) is 0 Å². The van der Waals surface area contributed by atoms with Gasteiger partial charge in [0.2, 0.25) is 0 Å². The minimum atomic E-state index is 0.315. The summed E-state index contributed by atoms with van der Waals surface area (Å²) in [4.78, 5) is 5.11. The predicted molar refractivity (Wildman–Crippen MR) is 59.1 cm³/mol. The molecule has 14 heavy (non-hydrogen) atoms. The van der Waals surface area contributed by atoms with Crippen LogP contribution in [0.2, 0.25) is 0 Å². The van der Waals surface area contributed by atoms with Crippen LogP contribution in [-0.2, 0) is 0 Å². The van der Waals surface area contributed by atoms with E-state index in [2.05, 4.69) is 22.6 Å². The first-order valence-electron chi connectivity index (χ1n) is 5.75. The molecule has 2 saturated heterocycles. The Labute approximate surface area is 87.3 Å². The molecule has 2 heteroatoms. The number of nitrogens with zero attached hydrogens (tertiary/aromatic N) is 2. The molecule has 0 bridgehead atoms. The molecule has 2 aliphatic rings. The predicted octanol–water partition coefficient (Wildman–Crippen LogP) is 1.18. The van der Waals surface area contributed by atoms with Crippen LogP contribution in [0.25, 0.3) is 0 Å². The average molecular weight is 192 g/mol. The third kappa shape index (κ3) is 1.94. The Balaban J connectivity index is 1.98. The van der Waals surface area contributed by atoms with Crippen molar-refractivity contribution in [3.8, 4) is 12.3 Å². The van der Waals surface area contributed by atoms with E-state index in [-0.39, 0.29) is 0 Å². The lowest BCUT2D eigenvalue weighted by Gasteiger charge is -2.27. The standard InChI is InChI=1S/C12H20N2/c1-3-11(2)14-9-5-8-13-7-4-6-12(13)10-14/h1,11-12H,4-10H2,2H3. The molecule has 2 heterocycles. The zero-order valence-electron chi connectivity index (χ0n) is 9.08. The largest absolute Gasteiger partial charge is 0.299 e. The fourth-order valence-electron chi connectivity index (χ4n) is 2.69. The molecule has 0 spiro atoms. The highest BCUT2D eigenvalue weighted by molar-refractivity contribution is 4.99. The molecule has 2 nitrogen and oxygen atoms in total. The van der Waals surface area contributed by atoms with Gasteiger partial charge in [-0.1, -0.05) is 5.92 Å². The van der Waals surface area contributed by atoms with Gasteiger partial charge in [0.05, 0.1) is 6.04 Å². The first-order valence-corrected chi connectivity index (χ1v) is 5.75. The van der Waals surface area contributed by atoms with Crippen molar-refractivity contribution >= 4 is 0 Å². The second-order valence-electron chi connectivity index (χ2n) is 4.52. The highest BCUT2D eigenvalue weighted by Crippen LogP contribution is 2.21. The van der Waals surface area contributed by atoms with Crippen LogP contribution in [0.3, 0.4) is 0 Å². The minimum Gasteiger partial charge on any atom is -0.299 e. The fraction of sp³-hybridized carbons (Fsp3) is 0.833. The molecule has 0 amide bonds. The number of terminal acetylenes is 1. The van der Waals surface area contributed by atoms with Crippen LogP contribution in [-0.4, -0.2) is 48.1 Å². The molecule has 0 aromatic rings. The summed E-state index contributed by atoms with van der Waals surface area (Å²) < 4.78 is 0. The van der Waals surface area contributed by atoms with E-state index in [1.165, 1.54) is 45.4 Å². The van der Waals surface area contributed by atoms with Crippen molar-refractivity contribution in [2.24, 2.45) is 0 Å². The van der Waals surface area contributed by atoms with Gasteiger partial charge in [0.1, 0.15) is 0 Å². The lowest BCUT2D eigenvalue weighted by atomic mass is 10.2. The quantitative estimate of drug-likeness (QED) is 0.576. The lowest BCUT2D eigenvalue weighted by Crippen LogP contribution is -2.40. The first-order chi connectivity index (χ1) is 6.81. The normalized spacial score (nSPS) is 31.9. The molecule has 0 aromatic heterocycles. The number of hydrogen-bond acceptors (Lipinski definition) is 2.